The van der Waals surface area contributed by atoms with Gasteiger partial charge in [-0.3, -0.25) is 13.4 Å². The molecule has 7 heteroatoms. The van der Waals surface area contributed by atoms with E-state index in [9.17, 15) is 17.8 Å². The van der Waals surface area contributed by atoms with E-state index in [4.69, 9.17) is 0 Å². The van der Waals surface area contributed by atoms with Gasteiger partial charge in [0.25, 0.3) is 0 Å². The van der Waals surface area contributed by atoms with Crippen molar-refractivity contribution in [2.75, 3.05) is 6.86 Å². The number of rotatable bonds is 3. The first-order valence-electron chi connectivity index (χ1n) is 2.16. The first-order chi connectivity index (χ1) is 4.16. The summed E-state index contributed by atoms with van der Waals surface area (Å²) in [5.74, 6) is -1.22. The second-order valence-electron chi connectivity index (χ2n) is 1.22. The fourth-order valence-electron chi connectivity index (χ4n) is 0.246. The normalized spacial score (nSPS) is 7.90. The molecule has 0 spiro atoms. The molecule has 10 heavy (non-hydrogen) atoms. The molecule has 0 fully saturated rings. The molecule has 0 saturated heterocycles. The van der Waals surface area contributed by atoms with Crippen LogP contribution in [0.4, 0.5) is 13.0 Å². The number of hydrogen-bond acceptors (Lipinski definition) is 2. The van der Waals surface area contributed by atoms with Crippen molar-refractivity contribution in [3.05, 3.63) is 0 Å². The summed E-state index contributed by atoms with van der Waals surface area (Å²) in [6.45, 7) is -1.34. The third kappa shape index (κ3) is 8.96. The van der Waals surface area contributed by atoms with Crippen LogP contribution in [-0.4, -0.2) is 20.1 Å². The van der Waals surface area contributed by atoms with Gasteiger partial charge >= 0.3 is 64.6 Å². The summed E-state index contributed by atoms with van der Waals surface area (Å²) < 4.78 is 36.9. The summed E-state index contributed by atoms with van der Waals surface area (Å²) in [7, 11) is -2.76. The Bertz CT molecular complexity index is 107. The van der Waals surface area contributed by atoms with Crippen molar-refractivity contribution >= 4 is 13.2 Å². The molecule has 0 heterocycles. The van der Waals surface area contributed by atoms with E-state index in [1.54, 1.807) is 0 Å². The SMILES string of the molecule is O=C(CB(F)F)OCF.[H-].[K+]. The van der Waals surface area contributed by atoms with Crippen molar-refractivity contribution in [2.45, 2.75) is 6.32 Å². The summed E-state index contributed by atoms with van der Waals surface area (Å²) in [5.41, 5.74) is 0. The van der Waals surface area contributed by atoms with Crippen LogP contribution in [0.15, 0.2) is 0 Å². The van der Waals surface area contributed by atoms with E-state index in [-0.39, 0.29) is 52.8 Å². The van der Waals surface area contributed by atoms with Crippen molar-refractivity contribution in [2.24, 2.45) is 0 Å². The number of carbonyl (C=O) groups is 1. The maximum Gasteiger partial charge on any atom is 1.00 e. The Morgan fingerprint density at radius 2 is 2.10 bits per heavy atom. The van der Waals surface area contributed by atoms with E-state index in [1.807, 2.05) is 0 Å². The number of carbonyl (C=O) groups excluding carboxylic acids is 1. The van der Waals surface area contributed by atoms with Crippen LogP contribution in [0, 0.1) is 0 Å². The van der Waals surface area contributed by atoms with Crippen LogP contribution < -0.4 is 51.4 Å². The number of alkyl halides is 1. The van der Waals surface area contributed by atoms with Crippen molar-refractivity contribution in [3.63, 3.8) is 0 Å². The third-order valence-corrected chi connectivity index (χ3v) is 0.537. The fourth-order valence-corrected chi connectivity index (χ4v) is 0.246. The Morgan fingerprint density at radius 1 is 1.60 bits per heavy atom. The molecular formula is C3H5BF3KO2. The molecular weight excluding hydrogens is 175 g/mol. The van der Waals surface area contributed by atoms with E-state index in [0.717, 1.165) is 0 Å². The van der Waals surface area contributed by atoms with E-state index in [0.29, 0.717) is 0 Å². The summed E-state index contributed by atoms with van der Waals surface area (Å²) in [5, 5.41) is 0. The number of halogens is 3. The van der Waals surface area contributed by atoms with Gasteiger partial charge in [-0.1, -0.05) is 0 Å². The maximum atomic E-state index is 11.2. The van der Waals surface area contributed by atoms with E-state index in [1.165, 1.54) is 0 Å². The van der Waals surface area contributed by atoms with Crippen LogP contribution in [0.25, 0.3) is 0 Å². The molecule has 2 nitrogen and oxygen atoms in total. The zero-order valence-corrected chi connectivity index (χ0v) is 8.57. The van der Waals surface area contributed by atoms with Crippen LogP contribution in [0.3, 0.4) is 0 Å². The Morgan fingerprint density at radius 3 is 2.40 bits per heavy atom. The second-order valence-corrected chi connectivity index (χ2v) is 1.22. The average Bonchev–Trinajstić information content (AvgIpc) is 1.63. The van der Waals surface area contributed by atoms with Crippen LogP contribution >= 0.6 is 0 Å². The monoisotopic (exact) mass is 180 g/mol. The topological polar surface area (TPSA) is 26.3 Å². The number of esters is 1. The molecule has 0 atom stereocenters. The molecule has 0 bridgehead atoms. The van der Waals surface area contributed by atoms with Gasteiger partial charge in [-0.15, -0.1) is 0 Å². The molecule has 0 rings (SSSR count). The molecule has 0 radical (unpaired) electrons. The average molecular weight is 180 g/mol. The molecule has 0 aliphatic heterocycles. The van der Waals surface area contributed by atoms with Crippen molar-refractivity contribution < 1.29 is 75.4 Å². The minimum absolute atomic E-state index is 0. The van der Waals surface area contributed by atoms with Gasteiger partial charge < -0.3 is 6.16 Å². The quantitative estimate of drug-likeness (QED) is 0.371. The van der Waals surface area contributed by atoms with Gasteiger partial charge in [0.2, 0.25) is 6.86 Å². The fraction of sp³-hybridized carbons (Fsp3) is 0.667. The van der Waals surface area contributed by atoms with E-state index >= 15 is 0 Å². The Balaban J connectivity index is -0.000000320. The smallest absolute Gasteiger partial charge is 1.00 e. The summed E-state index contributed by atoms with van der Waals surface area (Å²) in [4.78, 5) is 9.91. The van der Waals surface area contributed by atoms with E-state index < -0.39 is 26.4 Å². The standard InChI is InChI=1S/C3H4BF3O2.K.H/c5-2-9-3(8)1-4(6)7;;/h1-2H2;;/q;+1;-1. The van der Waals surface area contributed by atoms with Crippen LogP contribution in [0.1, 0.15) is 1.43 Å². The van der Waals surface area contributed by atoms with Crippen LogP contribution in [0.5, 0.6) is 0 Å². The van der Waals surface area contributed by atoms with Gasteiger partial charge in [-0.25, -0.2) is 4.39 Å². The second kappa shape index (κ2) is 8.06. The minimum Gasteiger partial charge on any atom is -1.00 e. The number of ether oxygens (including phenoxy) is 1. The van der Waals surface area contributed by atoms with Crippen LogP contribution in [-0.2, 0) is 9.53 Å². The van der Waals surface area contributed by atoms with Crippen LogP contribution in [0.2, 0.25) is 6.32 Å². The molecule has 0 aromatic rings. The molecule has 0 aliphatic carbocycles. The molecule has 0 saturated carbocycles. The molecule has 54 valence electrons. The zero-order chi connectivity index (χ0) is 7.28. The largest absolute Gasteiger partial charge is 1.00 e. The van der Waals surface area contributed by atoms with Crippen molar-refractivity contribution in [1.29, 1.82) is 0 Å². The van der Waals surface area contributed by atoms with Gasteiger partial charge in [0, 0.05) is 0 Å². The molecule has 0 aromatic heterocycles. The molecule has 0 N–H and O–H groups in total. The van der Waals surface area contributed by atoms with Crippen molar-refractivity contribution in [3.8, 4) is 0 Å². The summed E-state index contributed by atoms with van der Waals surface area (Å²) >= 11 is 0. The third-order valence-electron chi connectivity index (χ3n) is 0.537. The predicted octanol–water partition coefficient (Wildman–Crippen LogP) is -2.00. The molecule has 0 amide bonds. The molecule has 0 aliphatic rings. The summed E-state index contributed by atoms with van der Waals surface area (Å²) in [6.07, 6.45) is -1.04. The minimum atomic E-state index is -2.76. The molecule has 0 aromatic carbocycles. The van der Waals surface area contributed by atoms with Crippen molar-refractivity contribution in [1.82, 2.24) is 0 Å². The van der Waals surface area contributed by atoms with Gasteiger partial charge in [-0.2, -0.15) is 0 Å². The maximum absolute atomic E-state index is 11.2. The van der Waals surface area contributed by atoms with E-state index in [2.05, 4.69) is 4.74 Å². The zero-order valence-electron chi connectivity index (χ0n) is 6.44. The Kier molecular flexibility index (Phi) is 10.9. The predicted molar refractivity (Wildman–Crippen MR) is 26.0 cm³/mol. The first kappa shape index (κ1) is 13.5. The van der Waals surface area contributed by atoms with Gasteiger partial charge in [0.1, 0.15) is 0 Å². The Labute approximate surface area is 101 Å². The number of hydrogen-bond donors (Lipinski definition) is 0. The van der Waals surface area contributed by atoms with Gasteiger partial charge in [-0.05, 0) is 0 Å². The van der Waals surface area contributed by atoms with Gasteiger partial charge in [0.15, 0.2) is 0 Å². The van der Waals surface area contributed by atoms with Gasteiger partial charge in [0.05, 0.1) is 6.32 Å². The summed E-state index contributed by atoms with van der Waals surface area (Å²) in [6, 6.07) is 0. The molecule has 0 unspecified atom stereocenters. The first-order valence-corrected chi connectivity index (χ1v) is 2.16. The Hall–Kier alpha value is 0.961.